The molecule has 0 unspecified atom stereocenters. The summed E-state index contributed by atoms with van der Waals surface area (Å²) in [7, 11) is 0. The molecular weight excluding hydrogens is 314 g/mol. The number of para-hydroxylation sites is 2. The number of carbonyl (C=O) groups is 2. The van der Waals surface area contributed by atoms with Gasteiger partial charge in [-0.2, -0.15) is 0 Å². The smallest absolute Gasteiger partial charge is 0.257 e. The Balaban J connectivity index is 1.79. The predicted molar refractivity (Wildman–Crippen MR) is 99.1 cm³/mol. The fourth-order valence-corrected chi connectivity index (χ4v) is 2.38. The molecule has 3 aromatic rings. The van der Waals surface area contributed by atoms with E-state index in [1.54, 1.807) is 36.4 Å². The van der Waals surface area contributed by atoms with Crippen LogP contribution in [0.4, 0.5) is 17.1 Å². The van der Waals surface area contributed by atoms with E-state index in [2.05, 4.69) is 10.6 Å². The van der Waals surface area contributed by atoms with E-state index in [0.717, 1.165) is 5.69 Å². The Labute approximate surface area is 145 Å². The average molecular weight is 331 g/mol. The van der Waals surface area contributed by atoms with Crippen LogP contribution >= 0.6 is 0 Å². The molecule has 25 heavy (non-hydrogen) atoms. The molecule has 2 amide bonds. The standard InChI is InChI=1S/C20H17N3O2/c21-19(24)14-10-12-16(13-11-14)23-20(25)17-8-4-5-9-18(17)22-15-6-2-1-3-7-15/h1-13,22H,(H2,21,24)(H,23,25). The minimum Gasteiger partial charge on any atom is -0.366 e. The minimum atomic E-state index is -0.504. The Hall–Kier alpha value is -3.60. The molecule has 0 aromatic heterocycles. The lowest BCUT2D eigenvalue weighted by Gasteiger charge is -2.12. The molecule has 3 rings (SSSR count). The van der Waals surface area contributed by atoms with Crippen molar-refractivity contribution < 1.29 is 9.59 Å². The molecule has 124 valence electrons. The maximum Gasteiger partial charge on any atom is 0.257 e. The van der Waals surface area contributed by atoms with Crippen molar-refractivity contribution in [2.75, 3.05) is 10.6 Å². The van der Waals surface area contributed by atoms with E-state index in [1.807, 2.05) is 42.5 Å². The Bertz CT molecular complexity index is 890. The van der Waals surface area contributed by atoms with Gasteiger partial charge in [-0.15, -0.1) is 0 Å². The van der Waals surface area contributed by atoms with Gasteiger partial charge in [0, 0.05) is 16.9 Å². The van der Waals surface area contributed by atoms with Crippen molar-refractivity contribution in [3.05, 3.63) is 90.0 Å². The molecular formula is C20H17N3O2. The molecule has 0 spiro atoms. The first kappa shape index (κ1) is 16.3. The predicted octanol–water partition coefficient (Wildman–Crippen LogP) is 3.78. The lowest BCUT2D eigenvalue weighted by Crippen LogP contribution is -2.14. The van der Waals surface area contributed by atoms with E-state index < -0.39 is 5.91 Å². The van der Waals surface area contributed by atoms with Gasteiger partial charge in [0.25, 0.3) is 5.91 Å². The van der Waals surface area contributed by atoms with Gasteiger partial charge in [0.1, 0.15) is 0 Å². The largest absolute Gasteiger partial charge is 0.366 e. The molecule has 5 heteroatoms. The molecule has 0 aliphatic heterocycles. The second-order valence-corrected chi connectivity index (χ2v) is 5.43. The van der Waals surface area contributed by atoms with Crippen LogP contribution in [0.2, 0.25) is 0 Å². The molecule has 0 heterocycles. The van der Waals surface area contributed by atoms with Crippen LogP contribution in [0.25, 0.3) is 0 Å². The van der Waals surface area contributed by atoms with Crippen LogP contribution < -0.4 is 16.4 Å². The van der Waals surface area contributed by atoms with Crippen molar-refractivity contribution in [3.63, 3.8) is 0 Å². The average Bonchev–Trinajstić information content (AvgIpc) is 2.63. The van der Waals surface area contributed by atoms with Gasteiger partial charge in [-0.05, 0) is 48.5 Å². The summed E-state index contributed by atoms with van der Waals surface area (Å²) < 4.78 is 0. The minimum absolute atomic E-state index is 0.245. The molecule has 0 aliphatic rings. The SMILES string of the molecule is NC(=O)c1ccc(NC(=O)c2ccccc2Nc2ccccc2)cc1. The number of hydrogen-bond acceptors (Lipinski definition) is 3. The van der Waals surface area contributed by atoms with Crippen molar-refractivity contribution in [1.82, 2.24) is 0 Å². The second kappa shape index (κ2) is 7.31. The zero-order chi connectivity index (χ0) is 17.6. The Morgan fingerprint density at radius 2 is 1.36 bits per heavy atom. The molecule has 3 aromatic carbocycles. The van der Waals surface area contributed by atoms with E-state index in [-0.39, 0.29) is 5.91 Å². The van der Waals surface area contributed by atoms with Crippen LogP contribution in [0.5, 0.6) is 0 Å². The first-order valence-corrected chi connectivity index (χ1v) is 7.76. The van der Waals surface area contributed by atoms with E-state index in [9.17, 15) is 9.59 Å². The number of primary amides is 1. The maximum absolute atomic E-state index is 12.6. The normalized spacial score (nSPS) is 10.1. The third-order valence-corrected chi connectivity index (χ3v) is 3.65. The number of amides is 2. The fraction of sp³-hybridized carbons (Fsp3) is 0. The van der Waals surface area contributed by atoms with Crippen LogP contribution in [0, 0.1) is 0 Å². The first-order chi connectivity index (χ1) is 12.1. The molecule has 0 saturated heterocycles. The van der Waals surface area contributed by atoms with Gasteiger partial charge in [-0.25, -0.2) is 0 Å². The van der Waals surface area contributed by atoms with Crippen LogP contribution in [-0.4, -0.2) is 11.8 Å². The fourth-order valence-electron chi connectivity index (χ4n) is 2.38. The number of anilines is 3. The monoisotopic (exact) mass is 331 g/mol. The molecule has 0 saturated carbocycles. The summed E-state index contributed by atoms with van der Waals surface area (Å²) in [6.45, 7) is 0. The quantitative estimate of drug-likeness (QED) is 0.665. The van der Waals surface area contributed by atoms with Crippen LogP contribution in [0.15, 0.2) is 78.9 Å². The molecule has 0 aliphatic carbocycles. The molecule has 5 nitrogen and oxygen atoms in total. The first-order valence-electron chi connectivity index (χ1n) is 7.76. The van der Waals surface area contributed by atoms with Gasteiger partial charge in [0.05, 0.1) is 11.3 Å². The summed E-state index contributed by atoms with van der Waals surface area (Å²) in [5.41, 5.74) is 8.32. The third kappa shape index (κ3) is 4.03. The van der Waals surface area contributed by atoms with E-state index in [0.29, 0.717) is 22.5 Å². The number of hydrogen-bond donors (Lipinski definition) is 3. The zero-order valence-corrected chi connectivity index (χ0v) is 13.4. The van der Waals surface area contributed by atoms with E-state index in [1.165, 1.54) is 0 Å². The maximum atomic E-state index is 12.6. The Kier molecular flexibility index (Phi) is 4.76. The second-order valence-electron chi connectivity index (χ2n) is 5.43. The topological polar surface area (TPSA) is 84.2 Å². The van der Waals surface area contributed by atoms with Gasteiger partial charge in [0.2, 0.25) is 5.91 Å². The highest BCUT2D eigenvalue weighted by Gasteiger charge is 2.11. The summed E-state index contributed by atoms with van der Waals surface area (Å²) in [5.74, 6) is -0.749. The van der Waals surface area contributed by atoms with Gasteiger partial charge in [0.15, 0.2) is 0 Å². The van der Waals surface area contributed by atoms with Crippen LogP contribution in [-0.2, 0) is 0 Å². The van der Waals surface area contributed by atoms with Crippen LogP contribution in [0.1, 0.15) is 20.7 Å². The summed E-state index contributed by atoms with van der Waals surface area (Å²) >= 11 is 0. The van der Waals surface area contributed by atoms with Gasteiger partial charge < -0.3 is 16.4 Å². The van der Waals surface area contributed by atoms with Crippen molar-refractivity contribution in [3.8, 4) is 0 Å². The highest BCUT2D eigenvalue weighted by Crippen LogP contribution is 2.22. The zero-order valence-electron chi connectivity index (χ0n) is 13.4. The van der Waals surface area contributed by atoms with Crippen molar-refractivity contribution in [2.24, 2.45) is 5.73 Å². The van der Waals surface area contributed by atoms with E-state index in [4.69, 9.17) is 5.73 Å². The van der Waals surface area contributed by atoms with E-state index >= 15 is 0 Å². The van der Waals surface area contributed by atoms with Crippen molar-refractivity contribution in [1.29, 1.82) is 0 Å². The third-order valence-electron chi connectivity index (χ3n) is 3.65. The van der Waals surface area contributed by atoms with Crippen LogP contribution in [0.3, 0.4) is 0 Å². The lowest BCUT2D eigenvalue weighted by atomic mass is 10.1. The van der Waals surface area contributed by atoms with Crippen molar-refractivity contribution >= 4 is 28.9 Å². The molecule has 0 atom stereocenters. The molecule has 0 bridgehead atoms. The summed E-state index contributed by atoms with van der Waals surface area (Å²) in [6, 6.07) is 23.3. The number of nitrogens with two attached hydrogens (primary N) is 1. The number of carbonyl (C=O) groups excluding carboxylic acids is 2. The Morgan fingerprint density at radius 1 is 0.720 bits per heavy atom. The lowest BCUT2D eigenvalue weighted by molar-refractivity contribution is 0.0998. The molecule has 0 radical (unpaired) electrons. The van der Waals surface area contributed by atoms with Gasteiger partial charge in [-0.1, -0.05) is 30.3 Å². The number of nitrogens with one attached hydrogen (secondary N) is 2. The van der Waals surface area contributed by atoms with Gasteiger partial charge in [-0.3, -0.25) is 9.59 Å². The number of benzene rings is 3. The molecule has 0 fully saturated rings. The molecule has 4 N–H and O–H groups in total. The highest BCUT2D eigenvalue weighted by atomic mass is 16.2. The summed E-state index contributed by atoms with van der Waals surface area (Å²) in [6.07, 6.45) is 0. The highest BCUT2D eigenvalue weighted by molar-refractivity contribution is 6.08. The summed E-state index contributed by atoms with van der Waals surface area (Å²) in [5, 5.41) is 6.06. The van der Waals surface area contributed by atoms with Crippen molar-refractivity contribution in [2.45, 2.75) is 0 Å². The van der Waals surface area contributed by atoms with Gasteiger partial charge >= 0.3 is 0 Å². The summed E-state index contributed by atoms with van der Waals surface area (Å²) in [4.78, 5) is 23.7. The number of rotatable bonds is 5. The Morgan fingerprint density at radius 3 is 2.04 bits per heavy atom.